The van der Waals surface area contributed by atoms with Crippen LogP contribution in [0.2, 0.25) is 0 Å². The molecule has 1 aromatic rings. The number of pyridine rings is 1. The maximum absolute atomic E-state index is 8.73. The van der Waals surface area contributed by atoms with Gasteiger partial charge in [0.2, 0.25) is 0 Å². The molecule has 0 saturated carbocycles. The summed E-state index contributed by atoms with van der Waals surface area (Å²) in [6.07, 6.45) is 1.69. The highest BCUT2D eigenvalue weighted by Gasteiger charge is 2.02. The number of nitrogens with two attached hydrogens (primary N) is 1. The van der Waals surface area contributed by atoms with Crippen molar-refractivity contribution in [3.8, 4) is 0 Å². The summed E-state index contributed by atoms with van der Waals surface area (Å²) < 4.78 is 0. The van der Waals surface area contributed by atoms with E-state index < -0.39 is 0 Å². The Morgan fingerprint density at radius 2 is 2.45 bits per heavy atom. The first kappa shape index (κ1) is 8.17. The van der Waals surface area contributed by atoms with Crippen LogP contribution in [0.5, 0.6) is 0 Å². The minimum Gasteiger partial charge on any atom is -0.394 e. The topological polar surface area (TPSA) is 59.1 Å². The van der Waals surface area contributed by atoms with Gasteiger partial charge in [-0.05, 0) is 24.6 Å². The number of nitrogens with zero attached hydrogens (tertiary/aromatic N) is 1. The Morgan fingerprint density at radius 1 is 1.73 bits per heavy atom. The molecule has 3 N–H and O–H groups in total. The first-order chi connectivity index (χ1) is 5.24. The molecule has 60 valence electrons. The third kappa shape index (κ3) is 2.00. The van der Waals surface area contributed by atoms with Gasteiger partial charge in [0.1, 0.15) is 0 Å². The number of rotatable bonds is 2. The zero-order chi connectivity index (χ0) is 8.27. The van der Waals surface area contributed by atoms with Gasteiger partial charge in [0.15, 0.2) is 0 Å². The normalized spacial score (nSPS) is 13.0. The lowest BCUT2D eigenvalue weighted by atomic mass is 10.1. The molecule has 0 aliphatic heterocycles. The van der Waals surface area contributed by atoms with Crippen LogP contribution in [-0.2, 0) is 0 Å². The minimum atomic E-state index is -0.281. The first-order valence-electron chi connectivity index (χ1n) is 3.53. The van der Waals surface area contributed by atoms with Crippen LogP contribution in [0.4, 0.5) is 0 Å². The van der Waals surface area contributed by atoms with Gasteiger partial charge >= 0.3 is 0 Å². The van der Waals surface area contributed by atoms with Crippen LogP contribution < -0.4 is 5.73 Å². The Morgan fingerprint density at radius 3 is 3.00 bits per heavy atom. The van der Waals surface area contributed by atoms with Crippen molar-refractivity contribution in [2.75, 3.05) is 6.61 Å². The molecule has 0 bridgehead atoms. The van der Waals surface area contributed by atoms with Crippen molar-refractivity contribution in [1.29, 1.82) is 0 Å². The third-order valence-electron chi connectivity index (χ3n) is 1.55. The fourth-order valence-corrected chi connectivity index (χ4v) is 0.904. The predicted octanol–water partition coefficient (Wildman–Crippen LogP) is 0.382. The van der Waals surface area contributed by atoms with Crippen LogP contribution in [-0.4, -0.2) is 16.7 Å². The lowest BCUT2D eigenvalue weighted by molar-refractivity contribution is 0.268. The molecule has 1 aromatic heterocycles. The molecule has 0 fully saturated rings. The maximum atomic E-state index is 8.73. The Bertz CT molecular complexity index is 237. The van der Waals surface area contributed by atoms with Crippen LogP contribution in [0.15, 0.2) is 18.3 Å². The molecule has 3 nitrogen and oxygen atoms in total. The van der Waals surface area contributed by atoms with Gasteiger partial charge in [-0.25, -0.2) is 0 Å². The zero-order valence-electron chi connectivity index (χ0n) is 6.49. The number of aryl methyl sites for hydroxylation is 1. The fourth-order valence-electron chi connectivity index (χ4n) is 0.904. The lowest BCUT2D eigenvalue weighted by Gasteiger charge is -2.07. The van der Waals surface area contributed by atoms with E-state index in [1.165, 1.54) is 0 Å². The van der Waals surface area contributed by atoms with Gasteiger partial charge < -0.3 is 10.8 Å². The van der Waals surface area contributed by atoms with E-state index in [-0.39, 0.29) is 12.6 Å². The third-order valence-corrected chi connectivity index (χ3v) is 1.55. The molecule has 0 aliphatic carbocycles. The lowest BCUT2D eigenvalue weighted by Crippen LogP contribution is -2.14. The average molecular weight is 152 g/mol. The Kier molecular flexibility index (Phi) is 2.57. The Labute approximate surface area is 65.9 Å². The van der Waals surface area contributed by atoms with Crippen molar-refractivity contribution in [2.24, 2.45) is 5.73 Å². The summed E-state index contributed by atoms with van der Waals surface area (Å²) in [6, 6.07) is 3.41. The summed E-state index contributed by atoms with van der Waals surface area (Å²) in [5.74, 6) is 0. The van der Waals surface area contributed by atoms with Gasteiger partial charge in [-0.15, -0.1) is 0 Å². The summed E-state index contributed by atoms with van der Waals surface area (Å²) >= 11 is 0. The van der Waals surface area contributed by atoms with Crippen LogP contribution >= 0.6 is 0 Å². The first-order valence-corrected chi connectivity index (χ1v) is 3.53. The van der Waals surface area contributed by atoms with Gasteiger partial charge in [0.25, 0.3) is 0 Å². The minimum absolute atomic E-state index is 0.0244. The van der Waals surface area contributed by atoms with Crippen molar-refractivity contribution in [1.82, 2.24) is 4.98 Å². The Balaban J connectivity index is 2.86. The van der Waals surface area contributed by atoms with E-state index in [1.807, 2.05) is 19.1 Å². The van der Waals surface area contributed by atoms with E-state index in [0.29, 0.717) is 0 Å². The summed E-state index contributed by atoms with van der Waals surface area (Å²) in [4.78, 5) is 4.02. The van der Waals surface area contributed by atoms with Crippen molar-refractivity contribution < 1.29 is 5.11 Å². The zero-order valence-corrected chi connectivity index (χ0v) is 6.49. The van der Waals surface area contributed by atoms with Gasteiger partial charge in [0, 0.05) is 11.9 Å². The van der Waals surface area contributed by atoms with Crippen molar-refractivity contribution in [3.63, 3.8) is 0 Å². The Hall–Kier alpha value is -0.930. The maximum Gasteiger partial charge on any atom is 0.0624 e. The predicted molar refractivity (Wildman–Crippen MR) is 43.0 cm³/mol. The monoisotopic (exact) mass is 152 g/mol. The molecular weight excluding hydrogens is 140 g/mol. The smallest absolute Gasteiger partial charge is 0.0624 e. The van der Waals surface area contributed by atoms with Gasteiger partial charge in [-0.3, -0.25) is 4.98 Å². The number of aliphatic hydroxyl groups is 1. The molecule has 3 heteroatoms. The van der Waals surface area contributed by atoms with Crippen LogP contribution in [0.1, 0.15) is 17.3 Å². The van der Waals surface area contributed by atoms with Crippen molar-refractivity contribution >= 4 is 0 Å². The second kappa shape index (κ2) is 3.46. The van der Waals surface area contributed by atoms with Gasteiger partial charge in [-0.1, -0.05) is 0 Å². The molecule has 11 heavy (non-hydrogen) atoms. The van der Waals surface area contributed by atoms with Gasteiger partial charge in [-0.2, -0.15) is 0 Å². The summed E-state index contributed by atoms with van der Waals surface area (Å²) in [7, 11) is 0. The largest absolute Gasteiger partial charge is 0.394 e. The molecule has 1 atom stereocenters. The highest BCUT2D eigenvalue weighted by atomic mass is 16.3. The molecule has 0 aromatic carbocycles. The van der Waals surface area contributed by atoms with Gasteiger partial charge in [0.05, 0.1) is 12.6 Å². The summed E-state index contributed by atoms with van der Waals surface area (Å²) in [5, 5.41) is 8.73. The molecule has 0 radical (unpaired) electrons. The van der Waals surface area contributed by atoms with E-state index in [4.69, 9.17) is 10.8 Å². The van der Waals surface area contributed by atoms with E-state index in [2.05, 4.69) is 4.98 Å². The quantitative estimate of drug-likeness (QED) is 0.644. The number of hydrogen-bond donors (Lipinski definition) is 2. The van der Waals surface area contributed by atoms with Crippen molar-refractivity contribution in [2.45, 2.75) is 13.0 Å². The molecule has 0 aliphatic rings. The van der Waals surface area contributed by atoms with Crippen LogP contribution in [0.25, 0.3) is 0 Å². The van der Waals surface area contributed by atoms with E-state index in [0.717, 1.165) is 11.3 Å². The van der Waals surface area contributed by atoms with E-state index in [9.17, 15) is 0 Å². The molecule has 1 heterocycles. The van der Waals surface area contributed by atoms with Crippen molar-refractivity contribution in [3.05, 3.63) is 29.6 Å². The standard InChI is InChI=1S/C8H12N2O/c1-6-4-7(2-3-10-6)8(9)5-11/h2-4,8,11H,5,9H2,1H3/t8-/m1/s1. The SMILES string of the molecule is Cc1cc([C@H](N)CO)ccn1. The molecular formula is C8H12N2O. The number of aromatic nitrogens is 1. The average Bonchev–Trinajstić information content (AvgIpc) is 2.03. The van der Waals surface area contributed by atoms with Crippen LogP contribution in [0.3, 0.4) is 0 Å². The van der Waals surface area contributed by atoms with E-state index in [1.54, 1.807) is 6.20 Å². The molecule has 0 unspecified atom stereocenters. The highest BCUT2D eigenvalue weighted by Crippen LogP contribution is 2.08. The fraction of sp³-hybridized carbons (Fsp3) is 0.375. The summed E-state index contributed by atoms with van der Waals surface area (Å²) in [6.45, 7) is 1.87. The molecule has 1 rings (SSSR count). The molecule has 0 amide bonds. The second-order valence-corrected chi connectivity index (χ2v) is 2.52. The van der Waals surface area contributed by atoms with Crippen LogP contribution in [0, 0.1) is 6.92 Å². The summed E-state index contributed by atoms with van der Waals surface area (Å²) in [5.41, 5.74) is 7.44. The number of aliphatic hydroxyl groups excluding tert-OH is 1. The second-order valence-electron chi connectivity index (χ2n) is 2.52. The molecule has 0 saturated heterocycles. The number of hydrogen-bond acceptors (Lipinski definition) is 3. The van der Waals surface area contributed by atoms with E-state index >= 15 is 0 Å². The molecule has 0 spiro atoms. The highest BCUT2D eigenvalue weighted by molar-refractivity contribution is 5.18.